The fourth-order valence-electron chi connectivity index (χ4n) is 1.90. The summed E-state index contributed by atoms with van der Waals surface area (Å²) in [7, 11) is 1.65. The molecule has 0 bridgehead atoms. The van der Waals surface area contributed by atoms with E-state index in [0.29, 0.717) is 18.1 Å². The van der Waals surface area contributed by atoms with Crippen LogP contribution in [-0.4, -0.2) is 29.4 Å². The standard InChI is InChI=1S/C15H23NO2S/c1-10(2)8-19-9-13(17)6-14-12(4)15(18-5)11(3)7-16-14/h7,10H,6,8-9H2,1-5H3. The second kappa shape index (κ2) is 7.53. The van der Waals surface area contributed by atoms with E-state index in [1.54, 1.807) is 25.1 Å². The van der Waals surface area contributed by atoms with Gasteiger partial charge in [0.1, 0.15) is 11.5 Å². The van der Waals surface area contributed by atoms with Gasteiger partial charge in [-0.1, -0.05) is 13.8 Å². The first-order chi connectivity index (χ1) is 8.95. The average Bonchev–Trinajstić information content (AvgIpc) is 2.33. The first kappa shape index (κ1) is 16.0. The number of aromatic nitrogens is 1. The van der Waals surface area contributed by atoms with Crippen molar-refractivity contribution >= 4 is 17.5 Å². The first-order valence-corrected chi connectivity index (χ1v) is 7.69. The minimum absolute atomic E-state index is 0.229. The summed E-state index contributed by atoms with van der Waals surface area (Å²) in [6, 6.07) is 0. The number of ether oxygens (including phenoxy) is 1. The lowest BCUT2D eigenvalue weighted by Gasteiger charge is -2.11. The number of rotatable bonds is 7. The zero-order valence-electron chi connectivity index (χ0n) is 12.4. The fraction of sp³-hybridized carbons (Fsp3) is 0.600. The van der Waals surface area contributed by atoms with Crippen LogP contribution in [0.1, 0.15) is 30.7 Å². The molecule has 0 N–H and O–H groups in total. The summed E-state index contributed by atoms with van der Waals surface area (Å²) in [5.74, 6) is 3.28. The van der Waals surface area contributed by atoms with Crippen molar-refractivity contribution in [2.24, 2.45) is 5.92 Å². The van der Waals surface area contributed by atoms with Gasteiger partial charge in [-0.25, -0.2) is 0 Å². The van der Waals surface area contributed by atoms with Crippen molar-refractivity contribution in [3.8, 4) is 5.75 Å². The van der Waals surface area contributed by atoms with Crippen LogP contribution in [0, 0.1) is 19.8 Å². The van der Waals surface area contributed by atoms with Gasteiger partial charge in [-0.15, -0.1) is 0 Å². The molecule has 0 aliphatic heterocycles. The van der Waals surface area contributed by atoms with Crippen molar-refractivity contribution < 1.29 is 9.53 Å². The largest absolute Gasteiger partial charge is 0.496 e. The van der Waals surface area contributed by atoms with E-state index in [-0.39, 0.29) is 5.78 Å². The number of hydrogen-bond donors (Lipinski definition) is 0. The van der Waals surface area contributed by atoms with Gasteiger partial charge in [0.15, 0.2) is 0 Å². The molecule has 0 atom stereocenters. The highest BCUT2D eigenvalue weighted by atomic mass is 32.2. The summed E-state index contributed by atoms with van der Waals surface area (Å²) in [5.41, 5.74) is 2.81. The van der Waals surface area contributed by atoms with Gasteiger partial charge < -0.3 is 4.74 Å². The van der Waals surface area contributed by atoms with Gasteiger partial charge in [-0.2, -0.15) is 11.8 Å². The number of nitrogens with zero attached hydrogens (tertiary/aromatic N) is 1. The van der Waals surface area contributed by atoms with Crippen LogP contribution in [0.15, 0.2) is 6.20 Å². The summed E-state index contributed by atoms with van der Waals surface area (Å²) in [4.78, 5) is 16.3. The lowest BCUT2D eigenvalue weighted by atomic mass is 10.1. The highest BCUT2D eigenvalue weighted by molar-refractivity contribution is 7.99. The van der Waals surface area contributed by atoms with E-state index < -0.39 is 0 Å². The minimum atomic E-state index is 0.229. The molecule has 0 aliphatic rings. The zero-order valence-corrected chi connectivity index (χ0v) is 13.3. The van der Waals surface area contributed by atoms with Crippen LogP contribution < -0.4 is 4.74 Å². The van der Waals surface area contributed by atoms with E-state index in [4.69, 9.17) is 4.74 Å². The Labute approximate surface area is 120 Å². The van der Waals surface area contributed by atoms with Gasteiger partial charge in [0, 0.05) is 23.7 Å². The first-order valence-electron chi connectivity index (χ1n) is 6.54. The Morgan fingerprint density at radius 3 is 2.68 bits per heavy atom. The SMILES string of the molecule is COc1c(C)cnc(CC(=O)CSCC(C)C)c1C. The summed E-state index contributed by atoms with van der Waals surface area (Å²) >= 11 is 1.70. The molecule has 4 heteroatoms. The maximum atomic E-state index is 11.9. The smallest absolute Gasteiger partial charge is 0.148 e. The summed E-state index contributed by atoms with van der Waals surface area (Å²) < 4.78 is 5.35. The molecule has 3 nitrogen and oxygen atoms in total. The van der Waals surface area contributed by atoms with Gasteiger partial charge >= 0.3 is 0 Å². The molecule has 0 amide bonds. The van der Waals surface area contributed by atoms with Crippen LogP contribution in [-0.2, 0) is 11.2 Å². The average molecular weight is 281 g/mol. The Kier molecular flexibility index (Phi) is 6.35. The number of carbonyl (C=O) groups excluding carboxylic acids is 1. The number of hydrogen-bond acceptors (Lipinski definition) is 4. The number of methoxy groups -OCH3 is 1. The van der Waals surface area contributed by atoms with Crippen LogP contribution in [0.3, 0.4) is 0 Å². The molecular weight excluding hydrogens is 258 g/mol. The van der Waals surface area contributed by atoms with E-state index in [1.165, 1.54) is 0 Å². The second-order valence-corrected chi connectivity index (χ2v) is 6.20. The topological polar surface area (TPSA) is 39.2 Å². The van der Waals surface area contributed by atoms with Gasteiger partial charge in [0.2, 0.25) is 0 Å². The quantitative estimate of drug-likeness (QED) is 0.769. The van der Waals surface area contributed by atoms with Crippen molar-refractivity contribution in [2.45, 2.75) is 34.1 Å². The van der Waals surface area contributed by atoms with Crippen LogP contribution in [0.4, 0.5) is 0 Å². The van der Waals surface area contributed by atoms with Gasteiger partial charge in [-0.3, -0.25) is 9.78 Å². The summed E-state index contributed by atoms with van der Waals surface area (Å²) in [6.07, 6.45) is 2.17. The number of carbonyl (C=O) groups is 1. The van der Waals surface area contributed by atoms with E-state index in [2.05, 4.69) is 18.8 Å². The monoisotopic (exact) mass is 281 g/mol. The van der Waals surface area contributed by atoms with Gasteiger partial charge in [0.05, 0.1) is 18.6 Å². The molecule has 0 aliphatic carbocycles. The lowest BCUT2D eigenvalue weighted by molar-refractivity contribution is -0.116. The van der Waals surface area contributed by atoms with E-state index in [1.807, 2.05) is 13.8 Å². The van der Waals surface area contributed by atoms with Crippen molar-refractivity contribution in [2.75, 3.05) is 18.6 Å². The van der Waals surface area contributed by atoms with E-state index in [9.17, 15) is 4.79 Å². The van der Waals surface area contributed by atoms with Crippen LogP contribution in [0.5, 0.6) is 5.75 Å². The molecule has 1 rings (SSSR count). The Balaban J connectivity index is 2.64. The number of Topliss-reactive ketones (excluding diaryl/α,β-unsaturated/α-hetero) is 1. The molecule has 1 aromatic heterocycles. The fourth-order valence-corrected chi connectivity index (χ4v) is 2.81. The van der Waals surface area contributed by atoms with Gasteiger partial charge in [0.25, 0.3) is 0 Å². The van der Waals surface area contributed by atoms with E-state index >= 15 is 0 Å². The molecule has 0 spiro atoms. The normalized spacial score (nSPS) is 10.8. The summed E-state index contributed by atoms with van der Waals surface area (Å²) in [6.45, 7) is 8.24. The summed E-state index contributed by atoms with van der Waals surface area (Å²) in [5, 5.41) is 0. The number of pyridine rings is 1. The zero-order chi connectivity index (χ0) is 14.4. The number of thioether (sulfide) groups is 1. The lowest BCUT2D eigenvalue weighted by Crippen LogP contribution is -2.10. The van der Waals surface area contributed by atoms with Crippen molar-refractivity contribution in [3.63, 3.8) is 0 Å². The maximum Gasteiger partial charge on any atom is 0.148 e. The molecule has 19 heavy (non-hydrogen) atoms. The highest BCUT2D eigenvalue weighted by Gasteiger charge is 2.13. The molecule has 0 radical (unpaired) electrons. The highest BCUT2D eigenvalue weighted by Crippen LogP contribution is 2.24. The molecule has 0 saturated carbocycles. The Bertz CT molecular complexity index is 444. The van der Waals surface area contributed by atoms with Crippen LogP contribution >= 0.6 is 11.8 Å². The third kappa shape index (κ3) is 4.86. The van der Waals surface area contributed by atoms with Crippen LogP contribution in [0.2, 0.25) is 0 Å². The van der Waals surface area contributed by atoms with Crippen molar-refractivity contribution in [3.05, 3.63) is 23.0 Å². The number of aryl methyl sites for hydroxylation is 1. The second-order valence-electron chi connectivity index (χ2n) is 5.17. The predicted octanol–water partition coefficient (Wildman–Crippen LogP) is 3.21. The molecule has 0 saturated heterocycles. The molecule has 1 aromatic rings. The van der Waals surface area contributed by atoms with E-state index in [0.717, 1.165) is 28.3 Å². The minimum Gasteiger partial charge on any atom is -0.496 e. The molecule has 0 aromatic carbocycles. The van der Waals surface area contributed by atoms with Crippen molar-refractivity contribution in [1.82, 2.24) is 4.98 Å². The predicted molar refractivity (Wildman–Crippen MR) is 81.1 cm³/mol. The van der Waals surface area contributed by atoms with Crippen LogP contribution in [0.25, 0.3) is 0 Å². The Hall–Kier alpha value is -1.03. The third-order valence-electron chi connectivity index (χ3n) is 2.83. The Morgan fingerprint density at radius 2 is 2.11 bits per heavy atom. The molecule has 0 fully saturated rings. The third-order valence-corrected chi connectivity index (χ3v) is 4.26. The Morgan fingerprint density at radius 1 is 1.42 bits per heavy atom. The number of ketones is 1. The van der Waals surface area contributed by atoms with Crippen molar-refractivity contribution in [1.29, 1.82) is 0 Å². The molecular formula is C15H23NO2S. The molecule has 106 valence electrons. The van der Waals surface area contributed by atoms with Gasteiger partial charge in [-0.05, 0) is 25.5 Å². The maximum absolute atomic E-state index is 11.9. The molecule has 0 unspecified atom stereocenters. The molecule has 1 heterocycles.